The monoisotopic (exact) mass is 328 g/mol. The second kappa shape index (κ2) is 5.56. The van der Waals surface area contributed by atoms with Crippen LogP contribution in [0.1, 0.15) is 21.5 Å². The number of phenols is 1. The molecule has 1 aromatic heterocycles. The Balaban J connectivity index is 2.60. The number of methoxy groups -OCH3 is 2. The lowest BCUT2D eigenvalue weighted by Crippen LogP contribution is -2.12. The van der Waals surface area contributed by atoms with E-state index in [-0.39, 0.29) is 39.0 Å². The van der Waals surface area contributed by atoms with Crippen LogP contribution in [0.2, 0.25) is 0 Å². The first-order valence-electron chi connectivity index (χ1n) is 7.25. The van der Waals surface area contributed by atoms with Gasteiger partial charge in [-0.25, -0.2) is 4.79 Å². The Hall–Kier alpha value is -3.02. The molecule has 2 aromatic carbocycles. The van der Waals surface area contributed by atoms with Gasteiger partial charge < -0.3 is 19.0 Å². The van der Waals surface area contributed by atoms with Gasteiger partial charge in [-0.05, 0) is 43.2 Å². The Morgan fingerprint density at radius 3 is 2.46 bits per heavy atom. The van der Waals surface area contributed by atoms with Gasteiger partial charge >= 0.3 is 5.97 Å². The van der Waals surface area contributed by atoms with Crippen molar-refractivity contribution in [3.63, 3.8) is 0 Å². The van der Waals surface area contributed by atoms with Crippen LogP contribution in [0.5, 0.6) is 11.5 Å². The number of aryl methyl sites for hydroxylation is 1. The largest absolute Gasteiger partial charge is 0.507 e. The van der Waals surface area contributed by atoms with Crippen LogP contribution in [-0.2, 0) is 4.74 Å². The van der Waals surface area contributed by atoms with Gasteiger partial charge in [0.25, 0.3) is 0 Å². The Morgan fingerprint density at radius 2 is 1.83 bits per heavy atom. The zero-order valence-corrected chi connectivity index (χ0v) is 13.7. The molecular weight excluding hydrogens is 312 g/mol. The standard InChI is InChI=1S/C18H16O6/c1-8-7-12-15(16(19)9(8)2)17(20)13-11(24-12)6-5-10(22-3)14(13)18(21)23-4/h5-7,19H,1-4H3. The Bertz CT molecular complexity index is 1050. The average Bonchev–Trinajstić information content (AvgIpc) is 2.58. The van der Waals surface area contributed by atoms with Gasteiger partial charge in [-0.3, -0.25) is 4.79 Å². The minimum absolute atomic E-state index is 0.0206. The highest BCUT2D eigenvalue weighted by atomic mass is 16.5. The molecule has 0 aliphatic heterocycles. The van der Waals surface area contributed by atoms with Gasteiger partial charge in [0, 0.05) is 0 Å². The van der Waals surface area contributed by atoms with Gasteiger partial charge in [0.1, 0.15) is 33.6 Å². The topological polar surface area (TPSA) is 86.0 Å². The van der Waals surface area contributed by atoms with Crippen LogP contribution in [0.15, 0.2) is 27.4 Å². The van der Waals surface area contributed by atoms with Crippen LogP contribution in [0.4, 0.5) is 0 Å². The molecule has 124 valence electrons. The van der Waals surface area contributed by atoms with Crippen molar-refractivity contribution in [3.8, 4) is 11.5 Å². The van der Waals surface area contributed by atoms with Crippen molar-refractivity contribution < 1.29 is 23.8 Å². The number of rotatable bonds is 2. The molecule has 0 aliphatic rings. The number of benzene rings is 2. The summed E-state index contributed by atoms with van der Waals surface area (Å²) >= 11 is 0. The van der Waals surface area contributed by atoms with Crippen LogP contribution in [0.3, 0.4) is 0 Å². The number of hydrogen-bond donors (Lipinski definition) is 1. The molecule has 1 N–H and O–H groups in total. The van der Waals surface area contributed by atoms with Gasteiger partial charge in [-0.2, -0.15) is 0 Å². The predicted molar refractivity (Wildman–Crippen MR) is 89.0 cm³/mol. The Morgan fingerprint density at radius 1 is 1.12 bits per heavy atom. The third-order valence-corrected chi connectivity index (χ3v) is 4.19. The lowest BCUT2D eigenvalue weighted by atomic mass is 10.0. The molecule has 0 fully saturated rings. The fourth-order valence-corrected chi connectivity index (χ4v) is 2.76. The third-order valence-electron chi connectivity index (χ3n) is 4.19. The lowest BCUT2D eigenvalue weighted by molar-refractivity contribution is 0.0599. The maximum absolute atomic E-state index is 13.0. The average molecular weight is 328 g/mol. The first kappa shape index (κ1) is 15.9. The molecule has 0 unspecified atom stereocenters. The van der Waals surface area contributed by atoms with E-state index in [1.165, 1.54) is 20.3 Å². The highest BCUT2D eigenvalue weighted by Crippen LogP contribution is 2.34. The molecule has 3 aromatic rings. The maximum atomic E-state index is 13.0. The molecule has 6 nitrogen and oxygen atoms in total. The van der Waals surface area contributed by atoms with Gasteiger partial charge in [0.15, 0.2) is 0 Å². The van der Waals surface area contributed by atoms with Crippen LogP contribution in [0.25, 0.3) is 21.9 Å². The number of fused-ring (bicyclic) bond motifs is 2. The summed E-state index contributed by atoms with van der Waals surface area (Å²) in [5.74, 6) is -0.670. The summed E-state index contributed by atoms with van der Waals surface area (Å²) in [6, 6.07) is 4.77. The summed E-state index contributed by atoms with van der Waals surface area (Å²) in [7, 11) is 2.61. The molecule has 1 heterocycles. The molecule has 6 heteroatoms. The summed E-state index contributed by atoms with van der Waals surface area (Å²) < 4.78 is 15.7. The zero-order valence-electron chi connectivity index (χ0n) is 13.7. The summed E-state index contributed by atoms with van der Waals surface area (Å²) in [6.07, 6.45) is 0. The summed E-state index contributed by atoms with van der Waals surface area (Å²) in [5, 5.41) is 10.4. The van der Waals surface area contributed by atoms with Gasteiger partial charge in [-0.1, -0.05) is 0 Å². The normalized spacial score (nSPS) is 11.0. The Kier molecular flexibility index (Phi) is 3.67. The Labute approximate surface area is 137 Å². The van der Waals surface area contributed by atoms with Crippen LogP contribution < -0.4 is 10.2 Å². The smallest absolute Gasteiger partial charge is 0.342 e. The molecule has 24 heavy (non-hydrogen) atoms. The molecule has 0 bridgehead atoms. The molecule has 0 atom stereocenters. The molecule has 0 saturated carbocycles. The second-order valence-electron chi connectivity index (χ2n) is 5.48. The predicted octanol–water partition coefficient (Wildman–Crippen LogP) is 3.06. The summed E-state index contributed by atoms with van der Waals surface area (Å²) in [4.78, 5) is 25.2. The minimum Gasteiger partial charge on any atom is -0.507 e. The third kappa shape index (κ3) is 2.11. The van der Waals surface area contributed by atoms with Crippen LogP contribution >= 0.6 is 0 Å². The molecule has 0 radical (unpaired) electrons. The van der Waals surface area contributed by atoms with Gasteiger partial charge in [0.05, 0.1) is 19.6 Å². The van der Waals surface area contributed by atoms with Crippen LogP contribution in [0, 0.1) is 13.8 Å². The van der Waals surface area contributed by atoms with Gasteiger partial charge in [-0.15, -0.1) is 0 Å². The van der Waals surface area contributed by atoms with E-state index in [4.69, 9.17) is 13.9 Å². The van der Waals surface area contributed by atoms with Crippen molar-refractivity contribution in [2.24, 2.45) is 0 Å². The summed E-state index contributed by atoms with van der Waals surface area (Å²) in [6.45, 7) is 3.52. The van der Waals surface area contributed by atoms with E-state index in [2.05, 4.69) is 0 Å². The maximum Gasteiger partial charge on any atom is 0.342 e. The van der Waals surface area contributed by atoms with E-state index in [9.17, 15) is 14.7 Å². The van der Waals surface area contributed by atoms with Crippen molar-refractivity contribution in [3.05, 3.63) is 45.1 Å². The second-order valence-corrected chi connectivity index (χ2v) is 5.48. The SMILES string of the molecule is COC(=O)c1c(OC)ccc2oc3cc(C)c(C)c(O)c3c(=O)c12. The highest BCUT2D eigenvalue weighted by Gasteiger charge is 2.23. The molecule has 3 rings (SSSR count). The fraction of sp³-hybridized carbons (Fsp3) is 0.222. The fourth-order valence-electron chi connectivity index (χ4n) is 2.76. The molecule has 0 spiro atoms. The highest BCUT2D eigenvalue weighted by molar-refractivity contribution is 6.08. The number of carbonyl (C=O) groups is 1. The molecule has 0 aliphatic carbocycles. The van der Waals surface area contributed by atoms with Crippen molar-refractivity contribution in [1.29, 1.82) is 0 Å². The van der Waals surface area contributed by atoms with Crippen molar-refractivity contribution in [2.45, 2.75) is 13.8 Å². The summed E-state index contributed by atoms with van der Waals surface area (Å²) in [5.41, 5.74) is 1.32. The first-order valence-corrected chi connectivity index (χ1v) is 7.25. The first-order chi connectivity index (χ1) is 11.4. The van der Waals surface area contributed by atoms with Crippen molar-refractivity contribution in [2.75, 3.05) is 14.2 Å². The van der Waals surface area contributed by atoms with Crippen molar-refractivity contribution >= 4 is 27.9 Å². The molecule has 0 saturated heterocycles. The van der Waals surface area contributed by atoms with E-state index in [1.54, 1.807) is 19.1 Å². The number of esters is 1. The number of ether oxygens (including phenoxy) is 2. The minimum atomic E-state index is -0.715. The van der Waals surface area contributed by atoms with E-state index in [0.717, 1.165) is 5.56 Å². The lowest BCUT2D eigenvalue weighted by Gasteiger charge is -2.12. The zero-order chi connectivity index (χ0) is 17.6. The van der Waals surface area contributed by atoms with Crippen molar-refractivity contribution in [1.82, 2.24) is 0 Å². The van der Waals surface area contributed by atoms with E-state index in [0.29, 0.717) is 5.56 Å². The quantitative estimate of drug-likeness (QED) is 0.575. The van der Waals surface area contributed by atoms with Gasteiger partial charge in [0.2, 0.25) is 5.43 Å². The number of carbonyl (C=O) groups excluding carboxylic acids is 1. The number of hydrogen-bond acceptors (Lipinski definition) is 6. The van der Waals surface area contributed by atoms with Crippen LogP contribution in [-0.4, -0.2) is 25.3 Å². The number of phenolic OH excluding ortho intramolecular Hbond substituents is 1. The van der Waals surface area contributed by atoms with E-state index < -0.39 is 11.4 Å². The number of aromatic hydroxyl groups is 1. The van der Waals surface area contributed by atoms with E-state index in [1.807, 2.05) is 6.92 Å². The van der Waals surface area contributed by atoms with E-state index >= 15 is 0 Å². The molecule has 0 amide bonds. The molecular formula is C18H16O6.